The first-order valence-electron chi connectivity index (χ1n) is 4.77. The Morgan fingerprint density at radius 3 is 3.00 bits per heavy atom. The predicted molar refractivity (Wildman–Crippen MR) is 57.1 cm³/mol. The van der Waals surface area contributed by atoms with Crippen LogP contribution in [0.3, 0.4) is 0 Å². The minimum absolute atomic E-state index is 0.295. The molecule has 0 aliphatic rings. The molecule has 0 saturated heterocycles. The van der Waals surface area contributed by atoms with Gasteiger partial charge in [-0.1, -0.05) is 18.2 Å². The van der Waals surface area contributed by atoms with Crippen molar-refractivity contribution in [2.75, 3.05) is 0 Å². The van der Waals surface area contributed by atoms with Gasteiger partial charge in [-0.15, -0.1) is 0 Å². The molecule has 2 rings (SSSR count). The molecule has 1 aromatic carbocycles. The number of benzene rings is 1. The Morgan fingerprint density at radius 2 is 2.21 bits per heavy atom. The minimum atomic E-state index is -0.295. The van der Waals surface area contributed by atoms with Gasteiger partial charge in [0.2, 0.25) is 0 Å². The maximum atomic E-state index is 9.26. The van der Waals surface area contributed by atoms with E-state index in [2.05, 4.69) is 4.98 Å². The molecule has 2 nitrogen and oxygen atoms in total. The highest BCUT2D eigenvalue weighted by atomic mass is 16.3. The van der Waals surface area contributed by atoms with E-state index in [9.17, 15) is 5.11 Å². The zero-order valence-electron chi connectivity index (χ0n) is 8.14. The number of nitrogens with zero attached hydrogens (tertiary/aromatic N) is 1. The third-order valence-corrected chi connectivity index (χ3v) is 2.20. The highest BCUT2D eigenvalue weighted by Crippen LogP contribution is 2.14. The summed E-state index contributed by atoms with van der Waals surface area (Å²) in [7, 11) is 0. The zero-order valence-corrected chi connectivity index (χ0v) is 8.14. The molecule has 1 aromatic heterocycles. The zero-order chi connectivity index (χ0) is 9.97. The minimum Gasteiger partial charge on any atom is -0.393 e. The largest absolute Gasteiger partial charge is 0.393 e. The molecule has 0 spiro atoms. The van der Waals surface area contributed by atoms with E-state index < -0.39 is 0 Å². The SMILES string of the molecule is C[C@@H](O)Cc1ccc2cccnc2c1. The first kappa shape index (κ1) is 9.16. The van der Waals surface area contributed by atoms with Gasteiger partial charge in [0.25, 0.3) is 0 Å². The molecule has 0 unspecified atom stereocenters. The summed E-state index contributed by atoms with van der Waals surface area (Å²) < 4.78 is 0. The fourth-order valence-electron chi connectivity index (χ4n) is 1.58. The van der Waals surface area contributed by atoms with Crippen LogP contribution in [0.1, 0.15) is 12.5 Å². The molecule has 0 aliphatic heterocycles. The van der Waals surface area contributed by atoms with Gasteiger partial charge in [0.1, 0.15) is 0 Å². The second kappa shape index (κ2) is 3.76. The second-order valence-electron chi connectivity index (χ2n) is 3.58. The summed E-state index contributed by atoms with van der Waals surface area (Å²) in [5.41, 5.74) is 2.12. The number of hydrogen-bond acceptors (Lipinski definition) is 2. The van der Waals surface area contributed by atoms with Crippen LogP contribution in [0.15, 0.2) is 36.5 Å². The Morgan fingerprint density at radius 1 is 1.36 bits per heavy atom. The summed E-state index contributed by atoms with van der Waals surface area (Å²) in [4.78, 5) is 4.27. The van der Waals surface area contributed by atoms with E-state index in [1.54, 1.807) is 13.1 Å². The van der Waals surface area contributed by atoms with Crippen LogP contribution in [0.5, 0.6) is 0 Å². The van der Waals surface area contributed by atoms with Crippen molar-refractivity contribution in [2.45, 2.75) is 19.4 Å². The van der Waals surface area contributed by atoms with Gasteiger partial charge in [0.05, 0.1) is 11.6 Å². The van der Waals surface area contributed by atoms with Crippen molar-refractivity contribution in [3.8, 4) is 0 Å². The average molecular weight is 187 g/mol. The topological polar surface area (TPSA) is 33.1 Å². The smallest absolute Gasteiger partial charge is 0.0704 e. The van der Waals surface area contributed by atoms with E-state index >= 15 is 0 Å². The van der Waals surface area contributed by atoms with Crippen LogP contribution in [-0.2, 0) is 6.42 Å². The van der Waals surface area contributed by atoms with Gasteiger partial charge in [-0.25, -0.2) is 0 Å². The molecule has 1 atom stereocenters. The molecule has 14 heavy (non-hydrogen) atoms. The van der Waals surface area contributed by atoms with Gasteiger partial charge in [0, 0.05) is 11.6 Å². The fourth-order valence-corrected chi connectivity index (χ4v) is 1.58. The number of hydrogen-bond donors (Lipinski definition) is 1. The van der Waals surface area contributed by atoms with E-state index in [-0.39, 0.29) is 6.10 Å². The predicted octanol–water partition coefficient (Wildman–Crippen LogP) is 2.16. The van der Waals surface area contributed by atoms with Crippen LogP contribution in [0.25, 0.3) is 10.9 Å². The highest BCUT2D eigenvalue weighted by Gasteiger charge is 2.00. The number of pyridine rings is 1. The summed E-state index contributed by atoms with van der Waals surface area (Å²) in [6.07, 6.45) is 2.18. The average Bonchev–Trinajstić information content (AvgIpc) is 2.17. The number of aromatic nitrogens is 1. The van der Waals surface area contributed by atoms with Crippen molar-refractivity contribution >= 4 is 10.9 Å². The summed E-state index contributed by atoms with van der Waals surface area (Å²) in [5, 5.41) is 10.4. The summed E-state index contributed by atoms with van der Waals surface area (Å²) >= 11 is 0. The Balaban J connectivity index is 2.41. The molecule has 72 valence electrons. The van der Waals surface area contributed by atoms with E-state index in [1.165, 1.54) is 0 Å². The summed E-state index contributed by atoms with van der Waals surface area (Å²) in [6, 6.07) is 10.1. The monoisotopic (exact) mass is 187 g/mol. The number of aliphatic hydroxyl groups is 1. The normalized spacial score (nSPS) is 13.0. The Labute approximate surface area is 83.2 Å². The Kier molecular flexibility index (Phi) is 2.46. The number of fused-ring (bicyclic) bond motifs is 1. The molecule has 1 heterocycles. The third kappa shape index (κ3) is 1.91. The van der Waals surface area contributed by atoms with Gasteiger partial charge in [0.15, 0.2) is 0 Å². The van der Waals surface area contributed by atoms with Crippen molar-refractivity contribution < 1.29 is 5.11 Å². The van der Waals surface area contributed by atoms with Gasteiger partial charge < -0.3 is 5.11 Å². The van der Waals surface area contributed by atoms with Gasteiger partial charge in [-0.05, 0) is 31.0 Å². The van der Waals surface area contributed by atoms with E-state index in [1.807, 2.05) is 30.3 Å². The van der Waals surface area contributed by atoms with Gasteiger partial charge in [-0.3, -0.25) is 4.98 Å². The summed E-state index contributed by atoms with van der Waals surface area (Å²) in [5.74, 6) is 0. The standard InChI is InChI=1S/C12H13NO/c1-9(14)7-10-4-5-11-3-2-6-13-12(11)8-10/h2-6,8-9,14H,7H2,1H3/t9-/m1/s1. The maximum Gasteiger partial charge on any atom is 0.0704 e. The van der Waals surface area contributed by atoms with Crippen LogP contribution in [0, 0.1) is 0 Å². The van der Waals surface area contributed by atoms with E-state index in [4.69, 9.17) is 0 Å². The molecule has 0 saturated carbocycles. The lowest BCUT2D eigenvalue weighted by atomic mass is 10.1. The molecule has 1 N–H and O–H groups in total. The van der Waals surface area contributed by atoms with Crippen molar-refractivity contribution in [1.29, 1.82) is 0 Å². The van der Waals surface area contributed by atoms with Gasteiger partial charge >= 0.3 is 0 Å². The van der Waals surface area contributed by atoms with Crippen molar-refractivity contribution in [3.05, 3.63) is 42.1 Å². The van der Waals surface area contributed by atoms with E-state index in [0.29, 0.717) is 6.42 Å². The first-order valence-corrected chi connectivity index (χ1v) is 4.77. The van der Waals surface area contributed by atoms with Crippen molar-refractivity contribution in [1.82, 2.24) is 4.98 Å². The van der Waals surface area contributed by atoms with Crippen LogP contribution < -0.4 is 0 Å². The number of aliphatic hydroxyl groups excluding tert-OH is 1. The third-order valence-electron chi connectivity index (χ3n) is 2.20. The Hall–Kier alpha value is -1.41. The Bertz CT molecular complexity index is 437. The van der Waals surface area contributed by atoms with E-state index in [0.717, 1.165) is 16.5 Å². The van der Waals surface area contributed by atoms with Crippen molar-refractivity contribution in [2.24, 2.45) is 0 Å². The van der Waals surface area contributed by atoms with Gasteiger partial charge in [-0.2, -0.15) is 0 Å². The number of rotatable bonds is 2. The molecule has 0 amide bonds. The van der Waals surface area contributed by atoms with Crippen molar-refractivity contribution in [3.63, 3.8) is 0 Å². The molecular formula is C12H13NO. The first-order chi connectivity index (χ1) is 6.75. The lowest BCUT2D eigenvalue weighted by Crippen LogP contribution is -2.03. The van der Waals surface area contributed by atoms with Crippen LogP contribution in [-0.4, -0.2) is 16.2 Å². The lowest BCUT2D eigenvalue weighted by molar-refractivity contribution is 0.195. The molecule has 2 heteroatoms. The molecule has 2 aromatic rings. The quantitative estimate of drug-likeness (QED) is 0.781. The molecule has 0 aliphatic carbocycles. The highest BCUT2D eigenvalue weighted by molar-refractivity contribution is 5.78. The molecular weight excluding hydrogens is 174 g/mol. The van der Waals surface area contributed by atoms with Crippen LogP contribution in [0.4, 0.5) is 0 Å². The maximum absolute atomic E-state index is 9.26. The molecule has 0 bridgehead atoms. The fraction of sp³-hybridized carbons (Fsp3) is 0.250. The lowest BCUT2D eigenvalue weighted by Gasteiger charge is -2.04. The molecule has 0 fully saturated rings. The van der Waals surface area contributed by atoms with Crippen LogP contribution in [0.2, 0.25) is 0 Å². The second-order valence-corrected chi connectivity index (χ2v) is 3.58. The molecule has 0 radical (unpaired) electrons. The summed E-state index contributed by atoms with van der Waals surface area (Å²) in [6.45, 7) is 1.79. The van der Waals surface area contributed by atoms with Crippen LogP contribution >= 0.6 is 0 Å².